The highest BCUT2D eigenvalue weighted by atomic mass is 35.5. The van der Waals surface area contributed by atoms with Crippen molar-refractivity contribution in [2.24, 2.45) is 16.7 Å². The third kappa shape index (κ3) is 9.38. The average Bonchev–Trinajstić information content (AvgIpc) is 2.95. The highest BCUT2D eigenvalue weighted by Gasteiger charge is 2.59. The Balaban J connectivity index is 1.82. The fraction of sp³-hybridized carbons (Fsp3) is 0.444. The molecule has 0 heterocycles. The molecule has 3 aromatic rings. The van der Waals surface area contributed by atoms with Crippen LogP contribution < -0.4 is 10.1 Å². The molecule has 3 rings (SSSR count). The van der Waals surface area contributed by atoms with Crippen molar-refractivity contribution in [1.82, 2.24) is 5.32 Å². The van der Waals surface area contributed by atoms with Crippen molar-refractivity contribution >= 4 is 46.2 Å². The van der Waals surface area contributed by atoms with Crippen molar-refractivity contribution in [3.63, 3.8) is 0 Å². The predicted molar refractivity (Wildman–Crippen MR) is 187 cm³/mol. The van der Waals surface area contributed by atoms with E-state index in [9.17, 15) is 9.59 Å². The smallest absolute Gasteiger partial charge is 0.408 e. The van der Waals surface area contributed by atoms with E-state index in [2.05, 4.69) is 18.3 Å². The van der Waals surface area contributed by atoms with E-state index in [0.717, 1.165) is 33.0 Å². The van der Waals surface area contributed by atoms with Crippen molar-refractivity contribution in [3.05, 3.63) is 88.9 Å². The van der Waals surface area contributed by atoms with Gasteiger partial charge in [0.15, 0.2) is 0 Å². The van der Waals surface area contributed by atoms with Gasteiger partial charge >= 0.3 is 6.09 Å². The maximum absolute atomic E-state index is 13.1. The molecule has 0 aliphatic carbocycles. The van der Waals surface area contributed by atoms with E-state index in [1.54, 1.807) is 32.5 Å². The molecule has 0 saturated heterocycles. The van der Waals surface area contributed by atoms with Crippen LogP contribution in [0, 0.1) is 16.7 Å². The SMILES string of the molecule is CC(Cc1ccc(Sc2cccc(OCc3ccccc3)c2)cc1Cl)C(C)(CO[SiH3])C(C=O)(NC(=O)OC(C)(C)C)C(C)(C)C. The molecule has 0 aliphatic rings. The summed E-state index contributed by atoms with van der Waals surface area (Å²) in [7, 11) is 0.484. The van der Waals surface area contributed by atoms with Gasteiger partial charge in [0.1, 0.15) is 40.3 Å². The number of hydrogen-bond donors (Lipinski definition) is 1. The van der Waals surface area contributed by atoms with E-state index in [-0.39, 0.29) is 5.92 Å². The fourth-order valence-corrected chi connectivity index (χ4v) is 7.58. The lowest BCUT2D eigenvalue weighted by molar-refractivity contribution is -0.132. The zero-order chi connectivity index (χ0) is 33.5. The lowest BCUT2D eigenvalue weighted by Gasteiger charge is -2.55. The normalized spacial score (nSPS) is 15.4. The maximum atomic E-state index is 13.1. The molecule has 1 N–H and O–H groups in total. The lowest BCUT2D eigenvalue weighted by atomic mass is 9.54. The fourth-order valence-electron chi connectivity index (χ4n) is 5.75. The molecular formula is C36H48ClNO5SSi. The zero-order valence-electron chi connectivity index (χ0n) is 28.0. The minimum atomic E-state index is -1.29. The number of rotatable bonds is 13. The van der Waals surface area contributed by atoms with Crippen molar-refractivity contribution < 1.29 is 23.5 Å². The van der Waals surface area contributed by atoms with Gasteiger partial charge in [-0.15, -0.1) is 0 Å². The summed E-state index contributed by atoms with van der Waals surface area (Å²) in [5.74, 6) is 0.693. The quantitative estimate of drug-likeness (QED) is 0.147. The number of amides is 1. The standard InChI is InChI=1S/C36H48ClNO5SSi/c1-25(35(8,24-42-45)36(23-39,33(2,3)4)38-32(40)43-34(5,6)7)19-27-17-18-30(21-31(27)37)44-29-16-12-15-28(20-29)41-22-26-13-10-9-11-14-26/h9-18,20-21,23,25H,19,22,24H2,1-8,45H3,(H,38,40). The molecule has 3 atom stereocenters. The van der Waals surface area contributed by atoms with E-state index in [4.69, 9.17) is 25.5 Å². The molecule has 6 nitrogen and oxygen atoms in total. The first kappa shape index (κ1) is 36.7. The van der Waals surface area contributed by atoms with Crippen molar-refractivity contribution in [3.8, 4) is 5.75 Å². The lowest BCUT2D eigenvalue weighted by Crippen LogP contribution is -2.70. The number of ether oxygens (including phenoxy) is 2. The molecular weight excluding hydrogens is 622 g/mol. The zero-order valence-corrected chi connectivity index (χ0v) is 31.6. The van der Waals surface area contributed by atoms with Crippen LogP contribution in [0.3, 0.4) is 0 Å². The van der Waals surface area contributed by atoms with E-state index in [1.165, 1.54) is 0 Å². The third-order valence-corrected chi connectivity index (χ3v) is 9.95. The number of benzene rings is 3. The summed E-state index contributed by atoms with van der Waals surface area (Å²) in [6.45, 7) is 16.2. The summed E-state index contributed by atoms with van der Waals surface area (Å²) in [5.41, 5.74) is -1.37. The molecule has 0 radical (unpaired) electrons. The first-order valence-electron chi connectivity index (χ1n) is 15.2. The third-order valence-electron chi connectivity index (χ3n) is 8.33. The number of hydrogen-bond acceptors (Lipinski definition) is 6. The van der Waals surface area contributed by atoms with Crippen molar-refractivity contribution in [2.45, 2.75) is 89.3 Å². The van der Waals surface area contributed by atoms with Gasteiger partial charge in [-0.3, -0.25) is 0 Å². The van der Waals surface area contributed by atoms with Gasteiger partial charge in [0.05, 0.1) is 0 Å². The predicted octanol–water partition coefficient (Wildman–Crippen LogP) is 8.06. The van der Waals surface area contributed by atoms with Crippen LogP contribution in [-0.2, 0) is 27.0 Å². The van der Waals surface area contributed by atoms with Gasteiger partial charge in [-0.2, -0.15) is 0 Å². The largest absolute Gasteiger partial charge is 0.489 e. The maximum Gasteiger partial charge on any atom is 0.408 e. The Morgan fingerprint density at radius 1 is 0.956 bits per heavy atom. The molecule has 0 aromatic heterocycles. The molecule has 45 heavy (non-hydrogen) atoms. The first-order valence-corrected chi connectivity index (χ1v) is 17.2. The van der Waals surface area contributed by atoms with Gasteiger partial charge in [-0.05, 0) is 80.0 Å². The van der Waals surface area contributed by atoms with Crippen molar-refractivity contribution in [1.29, 1.82) is 0 Å². The topological polar surface area (TPSA) is 73.9 Å². The van der Waals surface area contributed by atoms with Crippen molar-refractivity contribution in [2.75, 3.05) is 6.61 Å². The molecule has 9 heteroatoms. The minimum absolute atomic E-state index is 0.111. The van der Waals surface area contributed by atoms with Crippen LogP contribution in [0.5, 0.6) is 5.75 Å². The summed E-state index contributed by atoms with van der Waals surface area (Å²) < 4.78 is 17.5. The van der Waals surface area contributed by atoms with Gasteiger partial charge in [0, 0.05) is 26.8 Å². The van der Waals surface area contributed by atoms with Gasteiger partial charge in [-0.1, -0.05) is 100 Å². The number of nitrogens with one attached hydrogen (secondary N) is 1. The van der Waals surface area contributed by atoms with Crippen LogP contribution in [0.2, 0.25) is 5.02 Å². The second-order valence-corrected chi connectivity index (χ2v) is 16.0. The van der Waals surface area contributed by atoms with E-state index in [1.807, 2.05) is 94.4 Å². The van der Waals surface area contributed by atoms with Gasteiger partial charge in [-0.25, -0.2) is 4.79 Å². The van der Waals surface area contributed by atoms with Gasteiger partial charge in [0.2, 0.25) is 0 Å². The second-order valence-electron chi connectivity index (χ2n) is 13.9. The summed E-state index contributed by atoms with van der Waals surface area (Å²) >= 11 is 8.50. The first-order chi connectivity index (χ1) is 21.0. The van der Waals surface area contributed by atoms with Crippen LogP contribution in [0.1, 0.15) is 66.5 Å². The number of carbonyl (C=O) groups is 2. The monoisotopic (exact) mass is 669 g/mol. The molecule has 0 spiro atoms. The summed E-state index contributed by atoms with van der Waals surface area (Å²) in [5, 5.41) is 3.65. The summed E-state index contributed by atoms with van der Waals surface area (Å²) in [4.78, 5) is 28.3. The molecule has 1 amide bonds. The summed E-state index contributed by atoms with van der Waals surface area (Å²) in [6, 6.07) is 24.2. The van der Waals surface area contributed by atoms with Crippen LogP contribution >= 0.6 is 23.4 Å². The molecule has 0 saturated carbocycles. The molecule has 244 valence electrons. The molecule has 0 bridgehead atoms. The van der Waals surface area contributed by atoms with Crippen LogP contribution in [0.25, 0.3) is 0 Å². The highest BCUT2D eigenvalue weighted by Crippen LogP contribution is 2.49. The Labute approximate surface area is 281 Å². The van der Waals surface area contributed by atoms with E-state index in [0.29, 0.717) is 35.1 Å². The Morgan fingerprint density at radius 2 is 1.62 bits per heavy atom. The molecule has 3 aromatic carbocycles. The van der Waals surface area contributed by atoms with Gasteiger partial charge in [0.25, 0.3) is 0 Å². The Bertz CT molecular complexity index is 1440. The summed E-state index contributed by atoms with van der Waals surface area (Å²) in [6.07, 6.45) is 0.813. The highest BCUT2D eigenvalue weighted by molar-refractivity contribution is 7.99. The van der Waals surface area contributed by atoms with Crippen LogP contribution in [0.4, 0.5) is 4.79 Å². The average molecular weight is 670 g/mol. The minimum Gasteiger partial charge on any atom is -0.489 e. The molecule has 3 unspecified atom stereocenters. The second kappa shape index (κ2) is 15.2. The number of halogens is 1. The number of alkyl carbamates (subject to hydrolysis) is 1. The van der Waals surface area contributed by atoms with E-state index < -0.39 is 28.1 Å². The Kier molecular flexibility index (Phi) is 12.4. The number of carbonyl (C=O) groups excluding carboxylic acids is 2. The van der Waals surface area contributed by atoms with E-state index >= 15 is 0 Å². The van der Waals surface area contributed by atoms with Crippen LogP contribution in [0.15, 0.2) is 82.6 Å². The number of aldehydes is 1. The molecule has 0 aliphatic heterocycles. The molecule has 0 fully saturated rings. The van der Waals surface area contributed by atoms with Gasteiger partial charge < -0.3 is 24.0 Å². The Morgan fingerprint density at radius 3 is 2.20 bits per heavy atom. The van der Waals surface area contributed by atoms with Crippen LogP contribution in [-0.4, -0.2) is 40.6 Å². The Hall–Kier alpha value is -2.78.